The van der Waals surface area contributed by atoms with Gasteiger partial charge < -0.3 is 9.47 Å². The Labute approximate surface area is 191 Å². The van der Waals surface area contributed by atoms with Crippen LogP contribution in [0.2, 0.25) is 0 Å². The molecule has 1 unspecified atom stereocenters. The van der Waals surface area contributed by atoms with Crippen LogP contribution in [0, 0.1) is 6.92 Å². The maximum atomic E-state index is 5.46. The molecule has 31 heavy (non-hydrogen) atoms. The average Bonchev–Trinajstić information content (AvgIpc) is 3.19. The van der Waals surface area contributed by atoms with Crippen LogP contribution in [0.3, 0.4) is 0 Å². The van der Waals surface area contributed by atoms with E-state index in [0.29, 0.717) is 0 Å². The average molecular weight is 438 g/mol. The summed E-state index contributed by atoms with van der Waals surface area (Å²) in [6.45, 7) is 12.7. The van der Waals surface area contributed by atoms with Crippen molar-refractivity contribution < 1.29 is 9.47 Å². The molecule has 1 aliphatic carbocycles. The highest BCUT2D eigenvalue weighted by Gasteiger charge is 2.38. The highest BCUT2D eigenvalue weighted by molar-refractivity contribution is 8.03. The molecular weight excluding hydrogens is 402 g/mol. The van der Waals surface area contributed by atoms with Gasteiger partial charge in [0.2, 0.25) is 0 Å². The van der Waals surface area contributed by atoms with Gasteiger partial charge >= 0.3 is 0 Å². The van der Waals surface area contributed by atoms with E-state index in [0.717, 1.165) is 23.6 Å². The minimum absolute atomic E-state index is 0.231. The number of ether oxygens (including phenoxy) is 2. The van der Waals surface area contributed by atoms with Crippen molar-refractivity contribution >= 4 is 17.8 Å². The van der Waals surface area contributed by atoms with Gasteiger partial charge in [-0.25, -0.2) is 0 Å². The third-order valence-corrected chi connectivity index (χ3v) is 8.21. The zero-order chi connectivity index (χ0) is 22.4. The Kier molecular flexibility index (Phi) is 5.91. The predicted molar refractivity (Wildman–Crippen MR) is 132 cm³/mol. The van der Waals surface area contributed by atoms with Crippen molar-refractivity contribution in [2.24, 2.45) is 0 Å². The molecule has 0 saturated carbocycles. The normalized spacial score (nSPS) is 22.9. The van der Waals surface area contributed by atoms with E-state index >= 15 is 0 Å². The van der Waals surface area contributed by atoms with Crippen molar-refractivity contribution in [3.63, 3.8) is 0 Å². The third kappa shape index (κ3) is 4.25. The molecule has 0 bridgehead atoms. The molecule has 166 valence electrons. The molecule has 3 nitrogen and oxygen atoms in total. The summed E-state index contributed by atoms with van der Waals surface area (Å²) in [5.74, 6) is 1.52. The number of aryl methyl sites for hydroxylation is 1. The molecule has 0 amide bonds. The van der Waals surface area contributed by atoms with E-state index in [1.54, 1.807) is 14.2 Å². The molecule has 1 atom stereocenters. The van der Waals surface area contributed by atoms with Crippen LogP contribution >= 0.6 is 11.8 Å². The zero-order valence-electron chi connectivity index (χ0n) is 19.9. The van der Waals surface area contributed by atoms with Crippen molar-refractivity contribution in [2.45, 2.75) is 63.7 Å². The maximum absolute atomic E-state index is 5.46. The van der Waals surface area contributed by atoms with Crippen LogP contribution < -0.4 is 14.8 Å². The Morgan fingerprint density at radius 2 is 1.58 bits per heavy atom. The number of fused-ring (bicyclic) bond motifs is 1. The number of methoxy groups -OCH3 is 2. The van der Waals surface area contributed by atoms with Gasteiger partial charge in [-0.05, 0) is 76.6 Å². The SMILES string of the molecule is COc1ccc(C=C2CNC(c3cc4c(cc3C)C(C)(C)CCC4(C)C)S2)cc1OC. The van der Waals surface area contributed by atoms with E-state index in [1.165, 1.54) is 40.0 Å². The Balaban J connectivity index is 1.62. The fourth-order valence-corrected chi connectivity index (χ4v) is 6.06. The Morgan fingerprint density at radius 1 is 0.935 bits per heavy atom. The monoisotopic (exact) mass is 437 g/mol. The minimum atomic E-state index is 0.231. The van der Waals surface area contributed by atoms with Gasteiger partial charge in [0.05, 0.1) is 19.6 Å². The first kappa shape index (κ1) is 22.3. The standard InChI is InChI=1S/C27H35NO2S/c1-17-12-21-22(27(4,5)11-10-26(21,2)3)15-20(17)25-28-16-19(31-25)13-18-8-9-23(29-6)24(14-18)30-7/h8-9,12-15,25,28H,10-11,16H2,1-7H3. The molecule has 1 saturated heterocycles. The number of thioether (sulfide) groups is 1. The fraction of sp³-hybridized carbons (Fsp3) is 0.481. The molecule has 4 heteroatoms. The molecule has 2 aromatic carbocycles. The van der Waals surface area contributed by atoms with Gasteiger partial charge in [0.15, 0.2) is 11.5 Å². The first-order valence-corrected chi connectivity index (χ1v) is 12.0. The Morgan fingerprint density at radius 3 is 2.23 bits per heavy atom. The molecule has 1 aliphatic heterocycles. The summed E-state index contributed by atoms with van der Waals surface area (Å²) in [7, 11) is 3.35. The second kappa shape index (κ2) is 8.22. The van der Waals surface area contributed by atoms with Crippen LogP contribution in [0.1, 0.15) is 73.7 Å². The lowest BCUT2D eigenvalue weighted by molar-refractivity contribution is 0.331. The van der Waals surface area contributed by atoms with Crippen molar-refractivity contribution in [2.75, 3.05) is 20.8 Å². The second-order valence-electron chi connectivity index (χ2n) is 10.1. The second-order valence-corrected chi connectivity index (χ2v) is 11.4. The van der Waals surface area contributed by atoms with Gasteiger partial charge in [0.1, 0.15) is 0 Å². The zero-order valence-corrected chi connectivity index (χ0v) is 20.7. The smallest absolute Gasteiger partial charge is 0.161 e. The summed E-state index contributed by atoms with van der Waals surface area (Å²) in [4.78, 5) is 1.34. The van der Waals surface area contributed by atoms with Crippen LogP contribution in [0.15, 0.2) is 35.2 Å². The molecule has 1 fully saturated rings. The molecular formula is C27H35NO2S. The van der Waals surface area contributed by atoms with E-state index < -0.39 is 0 Å². The minimum Gasteiger partial charge on any atom is -0.493 e. The van der Waals surface area contributed by atoms with Gasteiger partial charge in [-0.1, -0.05) is 45.9 Å². The first-order chi connectivity index (χ1) is 14.6. The van der Waals surface area contributed by atoms with Crippen molar-refractivity contribution in [1.82, 2.24) is 5.32 Å². The molecule has 0 radical (unpaired) electrons. The van der Waals surface area contributed by atoms with Crippen molar-refractivity contribution in [1.29, 1.82) is 0 Å². The topological polar surface area (TPSA) is 30.5 Å². The number of benzene rings is 2. The van der Waals surface area contributed by atoms with Crippen LogP contribution in [0.5, 0.6) is 11.5 Å². The summed E-state index contributed by atoms with van der Waals surface area (Å²) >= 11 is 1.92. The predicted octanol–water partition coefficient (Wildman–Crippen LogP) is 6.74. The van der Waals surface area contributed by atoms with E-state index in [-0.39, 0.29) is 16.2 Å². The van der Waals surface area contributed by atoms with Crippen molar-refractivity contribution in [3.05, 3.63) is 63.1 Å². The lowest BCUT2D eigenvalue weighted by Gasteiger charge is -2.42. The summed E-state index contributed by atoms with van der Waals surface area (Å²) in [5, 5.41) is 4.02. The van der Waals surface area contributed by atoms with E-state index in [9.17, 15) is 0 Å². The highest BCUT2D eigenvalue weighted by atomic mass is 32.2. The summed E-state index contributed by atoms with van der Waals surface area (Å²) in [5.41, 5.74) is 7.50. The van der Waals surface area contributed by atoms with Crippen molar-refractivity contribution in [3.8, 4) is 11.5 Å². The molecule has 0 aromatic heterocycles. The van der Waals surface area contributed by atoms with Gasteiger partial charge in [-0.15, -0.1) is 11.8 Å². The first-order valence-electron chi connectivity index (χ1n) is 11.1. The fourth-order valence-electron chi connectivity index (χ4n) is 4.84. The van der Waals surface area contributed by atoms with Crippen LogP contribution in [0.4, 0.5) is 0 Å². The molecule has 4 rings (SSSR count). The van der Waals surface area contributed by atoms with Crippen LogP contribution in [-0.2, 0) is 10.8 Å². The molecule has 1 N–H and O–H groups in total. The van der Waals surface area contributed by atoms with Gasteiger partial charge in [-0.3, -0.25) is 5.32 Å². The Bertz CT molecular complexity index is 1020. The third-order valence-electron chi connectivity index (χ3n) is 6.99. The van der Waals surface area contributed by atoms with Crippen LogP contribution in [0.25, 0.3) is 6.08 Å². The molecule has 2 aromatic rings. The summed E-state index contributed by atoms with van der Waals surface area (Å²) in [6.07, 6.45) is 4.74. The van der Waals surface area contributed by atoms with Gasteiger partial charge in [0, 0.05) is 11.4 Å². The van der Waals surface area contributed by atoms with Crippen LogP contribution in [-0.4, -0.2) is 20.8 Å². The maximum Gasteiger partial charge on any atom is 0.161 e. The largest absolute Gasteiger partial charge is 0.493 e. The highest BCUT2D eigenvalue weighted by Crippen LogP contribution is 2.49. The quantitative estimate of drug-likeness (QED) is 0.574. The lowest BCUT2D eigenvalue weighted by atomic mass is 9.62. The molecule has 1 heterocycles. The Hall–Kier alpha value is -1.91. The molecule has 0 spiro atoms. The number of hydrogen-bond acceptors (Lipinski definition) is 4. The van der Waals surface area contributed by atoms with E-state index in [2.05, 4.69) is 64.2 Å². The lowest BCUT2D eigenvalue weighted by Crippen LogP contribution is -2.34. The summed E-state index contributed by atoms with van der Waals surface area (Å²) in [6, 6.07) is 11.0. The van der Waals surface area contributed by atoms with E-state index in [1.807, 2.05) is 23.9 Å². The molecule has 2 aliphatic rings. The van der Waals surface area contributed by atoms with Gasteiger partial charge in [-0.2, -0.15) is 0 Å². The van der Waals surface area contributed by atoms with E-state index in [4.69, 9.17) is 9.47 Å². The number of hydrogen-bond donors (Lipinski definition) is 1. The van der Waals surface area contributed by atoms with Gasteiger partial charge in [0.25, 0.3) is 0 Å². The number of nitrogens with one attached hydrogen (secondary N) is 1. The summed E-state index contributed by atoms with van der Waals surface area (Å²) < 4.78 is 10.8. The number of rotatable bonds is 4.